The van der Waals surface area contributed by atoms with Gasteiger partial charge in [0.1, 0.15) is 6.10 Å². The normalized spacial score (nSPS) is 18.8. The van der Waals surface area contributed by atoms with Crippen molar-refractivity contribution >= 4 is 5.91 Å². The number of amides is 1. The van der Waals surface area contributed by atoms with Crippen LogP contribution in [0.2, 0.25) is 0 Å². The number of rotatable bonds is 6. The summed E-state index contributed by atoms with van der Waals surface area (Å²) >= 11 is 0. The number of carbonyl (C=O) groups is 1. The van der Waals surface area contributed by atoms with Crippen LogP contribution in [0.25, 0.3) is 10.4 Å². The second kappa shape index (κ2) is 5.58. The SMILES string of the molecule is CCC[C@@H](N=[N+]=[N-])[C@H](O)C(=O)NC1CC1. The maximum absolute atomic E-state index is 11.4. The minimum Gasteiger partial charge on any atom is -0.383 e. The van der Waals surface area contributed by atoms with E-state index in [0.717, 1.165) is 19.3 Å². The van der Waals surface area contributed by atoms with Gasteiger partial charge in [0.25, 0.3) is 0 Å². The van der Waals surface area contributed by atoms with Gasteiger partial charge in [-0.05, 0) is 24.8 Å². The zero-order valence-corrected chi connectivity index (χ0v) is 8.76. The predicted molar refractivity (Wildman–Crippen MR) is 55.0 cm³/mol. The number of nitrogens with zero attached hydrogens (tertiary/aromatic N) is 3. The molecule has 6 heteroatoms. The third kappa shape index (κ3) is 3.77. The molecular weight excluding hydrogens is 196 g/mol. The smallest absolute Gasteiger partial charge is 0.249 e. The van der Waals surface area contributed by atoms with Gasteiger partial charge < -0.3 is 10.4 Å². The summed E-state index contributed by atoms with van der Waals surface area (Å²) in [6.07, 6.45) is 2.00. The van der Waals surface area contributed by atoms with Gasteiger partial charge >= 0.3 is 0 Å². The van der Waals surface area contributed by atoms with Gasteiger partial charge in [-0.25, -0.2) is 0 Å². The molecule has 0 saturated heterocycles. The molecule has 1 saturated carbocycles. The number of aliphatic hydroxyl groups excluding tert-OH is 1. The molecule has 0 spiro atoms. The Morgan fingerprint density at radius 2 is 2.40 bits per heavy atom. The fourth-order valence-electron chi connectivity index (χ4n) is 1.33. The first kappa shape index (κ1) is 11.8. The Labute approximate surface area is 88.3 Å². The first-order valence-electron chi connectivity index (χ1n) is 5.21. The maximum Gasteiger partial charge on any atom is 0.249 e. The average Bonchev–Trinajstić information content (AvgIpc) is 3.00. The lowest BCUT2D eigenvalue weighted by Gasteiger charge is -2.16. The van der Waals surface area contributed by atoms with Crippen molar-refractivity contribution < 1.29 is 9.90 Å². The maximum atomic E-state index is 11.4. The molecule has 15 heavy (non-hydrogen) atoms. The molecule has 0 heterocycles. The van der Waals surface area contributed by atoms with Crippen LogP contribution in [0, 0.1) is 0 Å². The first-order chi connectivity index (χ1) is 7.19. The molecule has 6 nitrogen and oxygen atoms in total. The van der Waals surface area contributed by atoms with Crippen LogP contribution in [0.4, 0.5) is 0 Å². The lowest BCUT2D eigenvalue weighted by Crippen LogP contribution is -2.42. The Kier molecular flexibility index (Phi) is 4.39. The highest BCUT2D eigenvalue weighted by molar-refractivity contribution is 5.81. The van der Waals surface area contributed by atoms with Crippen LogP contribution in [0.15, 0.2) is 5.11 Å². The van der Waals surface area contributed by atoms with Gasteiger partial charge in [0, 0.05) is 11.0 Å². The molecule has 1 amide bonds. The molecule has 2 atom stereocenters. The van der Waals surface area contributed by atoms with Crippen molar-refractivity contribution in [2.24, 2.45) is 5.11 Å². The second-order valence-electron chi connectivity index (χ2n) is 3.79. The van der Waals surface area contributed by atoms with Crippen molar-refractivity contribution in [1.82, 2.24) is 5.32 Å². The summed E-state index contributed by atoms with van der Waals surface area (Å²) in [6, 6.07) is -0.445. The summed E-state index contributed by atoms with van der Waals surface area (Å²) in [6.45, 7) is 1.91. The Morgan fingerprint density at radius 3 is 2.87 bits per heavy atom. The van der Waals surface area contributed by atoms with E-state index in [1.807, 2.05) is 6.92 Å². The molecule has 0 aliphatic heterocycles. The van der Waals surface area contributed by atoms with Gasteiger partial charge in [0.05, 0.1) is 6.04 Å². The van der Waals surface area contributed by atoms with Crippen molar-refractivity contribution in [1.29, 1.82) is 0 Å². The summed E-state index contributed by atoms with van der Waals surface area (Å²) in [5.74, 6) is -0.427. The Balaban J connectivity index is 2.48. The van der Waals surface area contributed by atoms with Gasteiger partial charge in [-0.2, -0.15) is 0 Å². The van der Waals surface area contributed by atoms with Gasteiger partial charge in [-0.3, -0.25) is 4.79 Å². The molecule has 2 N–H and O–H groups in total. The number of hydrogen-bond donors (Lipinski definition) is 2. The van der Waals surface area contributed by atoms with E-state index in [1.54, 1.807) is 0 Å². The monoisotopic (exact) mass is 212 g/mol. The summed E-state index contributed by atoms with van der Waals surface area (Å²) < 4.78 is 0. The van der Waals surface area contributed by atoms with E-state index >= 15 is 0 Å². The van der Waals surface area contributed by atoms with Gasteiger partial charge in [-0.15, -0.1) is 0 Å². The fraction of sp³-hybridized carbons (Fsp3) is 0.889. The van der Waals surface area contributed by atoms with Crippen LogP contribution in [0.5, 0.6) is 0 Å². The van der Waals surface area contributed by atoms with Gasteiger partial charge in [0.2, 0.25) is 5.91 Å². The van der Waals surface area contributed by atoms with Crippen molar-refractivity contribution in [3.8, 4) is 0 Å². The average molecular weight is 212 g/mol. The molecule has 1 aliphatic carbocycles. The molecule has 1 fully saturated rings. The molecule has 0 radical (unpaired) electrons. The molecule has 84 valence electrons. The molecular formula is C9H16N4O2. The molecule has 0 aromatic carbocycles. The molecule has 0 bridgehead atoms. The third-order valence-electron chi connectivity index (χ3n) is 2.34. The topological polar surface area (TPSA) is 98.1 Å². The second-order valence-corrected chi connectivity index (χ2v) is 3.79. The van der Waals surface area contributed by atoms with Gasteiger partial charge in [-0.1, -0.05) is 18.5 Å². The van der Waals surface area contributed by atoms with E-state index < -0.39 is 18.1 Å². The van der Waals surface area contributed by atoms with Crippen molar-refractivity contribution in [3.63, 3.8) is 0 Å². The standard InChI is InChI=1S/C9H16N4O2/c1-2-3-7(12-13-10)8(14)9(15)11-6-4-5-6/h6-8,14H,2-5H2,1H3,(H,11,15)/t7-,8+/m1/s1. The number of nitrogens with one attached hydrogen (secondary N) is 1. The largest absolute Gasteiger partial charge is 0.383 e. The number of aliphatic hydroxyl groups is 1. The minimum absolute atomic E-state index is 0.209. The van der Waals surface area contributed by atoms with E-state index in [1.165, 1.54) is 0 Å². The van der Waals surface area contributed by atoms with Crippen LogP contribution in [0.1, 0.15) is 32.6 Å². The predicted octanol–water partition coefficient (Wildman–Crippen LogP) is 1.10. The summed E-state index contributed by atoms with van der Waals surface area (Å²) in [5.41, 5.74) is 8.30. The Bertz CT molecular complexity index is 271. The van der Waals surface area contributed by atoms with E-state index in [-0.39, 0.29) is 6.04 Å². The summed E-state index contributed by atoms with van der Waals surface area (Å²) in [7, 11) is 0. The van der Waals surface area contributed by atoms with Crippen LogP contribution in [-0.4, -0.2) is 29.2 Å². The molecule has 1 aliphatic rings. The zero-order chi connectivity index (χ0) is 11.3. The van der Waals surface area contributed by atoms with Gasteiger partial charge in [0.15, 0.2) is 0 Å². The lowest BCUT2D eigenvalue weighted by molar-refractivity contribution is -0.130. The number of carbonyl (C=O) groups excluding carboxylic acids is 1. The number of azide groups is 1. The highest BCUT2D eigenvalue weighted by Crippen LogP contribution is 2.19. The highest BCUT2D eigenvalue weighted by atomic mass is 16.3. The Morgan fingerprint density at radius 1 is 1.73 bits per heavy atom. The third-order valence-corrected chi connectivity index (χ3v) is 2.34. The zero-order valence-electron chi connectivity index (χ0n) is 8.76. The number of hydrogen-bond acceptors (Lipinski definition) is 3. The van der Waals surface area contributed by atoms with E-state index in [4.69, 9.17) is 5.53 Å². The first-order valence-corrected chi connectivity index (χ1v) is 5.21. The van der Waals surface area contributed by atoms with Crippen molar-refractivity contribution in [2.75, 3.05) is 0 Å². The lowest BCUT2D eigenvalue weighted by atomic mass is 10.1. The fourth-order valence-corrected chi connectivity index (χ4v) is 1.33. The van der Waals surface area contributed by atoms with Crippen LogP contribution >= 0.6 is 0 Å². The van der Waals surface area contributed by atoms with Crippen LogP contribution in [-0.2, 0) is 4.79 Å². The van der Waals surface area contributed by atoms with Crippen molar-refractivity contribution in [3.05, 3.63) is 10.4 Å². The van der Waals surface area contributed by atoms with E-state index in [2.05, 4.69) is 15.3 Å². The Hall–Kier alpha value is -1.26. The summed E-state index contributed by atoms with van der Waals surface area (Å²) in [5, 5.41) is 15.8. The molecule has 0 unspecified atom stereocenters. The van der Waals surface area contributed by atoms with Crippen molar-refractivity contribution in [2.45, 2.75) is 50.8 Å². The van der Waals surface area contributed by atoms with E-state index in [0.29, 0.717) is 6.42 Å². The quantitative estimate of drug-likeness (QED) is 0.391. The van der Waals surface area contributed by atoms with Crippen LogP contribution in [0.3, 0.4) is 0 Å². The summed E-state index contributed by atoms with van der Waals surface area (Å²) in [4.78, 5) is 14.1. The molecule has 0 aromatic heterocycles. The molecule has 1 rings (SSSR count). The minimum atomic E-state index is -1.22. The van der Waals surface area contributed by atoms with Crippen LogP contribution < -0.4 is 5.32 Å². The highest BCUT2D eigenvalue weighted by Gasteiger charge is 2.30. The molecule has 0 aromatic rings. The van der Waals surface area contributed by atoms with E-state index in [9.17, 15) is 9.90 Å².